The Morgan fingerprint density at radius 2 is 1.75 bits per heavy atom. The molecule has 0 saturated heterocycles. The number of benzene rings is 4. The van der Waals surface area contributed by atoms with Crippen molar-refractivity contribution in [2.45, 2.75) is 37.9 Å². The molecule has 3 atom stereocenters. The summed E-state index contributed by atoms with van der Waals surface area (Å²) in [6, 6.07) is 23.4. The highest BCUT2D eigenvalue weighted by molar-refractivity contribution is 6.30. The number of halogens is 2. The van der Waals surface area contributed by atoms with Crippen molar-refractivity contribution in [3.05, 3.63) is 119 Å². The molecule has 0 fully saturated rings. The normalized spacial score (nSPS) is 17.5. The second-order valence-corrected chi connectivity index (χ2v) is 12.4. The lowest BCUT2D eigenvalue weighted by Crippen LogP contribution is -2.54. The summed E-state index contributed by atoms with van der Waals surface area (Å²) in [6.45, 7) is 1.70. The molecule has 4 aromatic carbocycles. The highest BCUT2D eigenvalue weighted by Crippen LogP contribution is 2.34. The molecule has 1 aliphatic heterocycles. The van der Waals surface area contributed by atoms with Crippen LogP contribution < -0.4 is 30.2 Å². The first-order valence-electron chi connectivity index (χ1n) is 16.3. The Bertz CT molecular complexity index is 1860. The highest BCUT2D eigenvalue weighted by Gasteiger charge is 2.31. The van der Waals surface area contributed by atoms with E-state index in [0.29, 0.717) is 10.8 Å². The summed E-state index contributed by atoms with van der Waals surface area (Å²) in [5.41, 5.74) is 0.968. The van der Waals surface area contributed by atoms with Gasteiger partial charge in [-0.05, 0) is 55.0 Å². The van der Waals surface area contributed by atoms with Crippen LogP contribution in [0.25, 0.3) is 0 Å². The number of nitrogens with zero attached hydrogens (tertiary/aromatic N) is 1. The highest BCUT2D eigenvalue weighted by atomic mass is 35.5. The standard InChI is InChI=1S/C38H38ClFN4O7/c1-24(23-50-35-29(40)15-9-17-33(35)51-27-13-8-12-26(39)21-27)41-37(47)30-22-34(45)42-31(20-25-10-4-3-5-11-25)38(48)44(2)18-19-49-32-16-7-6-14-28(32)36(46)43-30/h3-17,21,24,30-31H,18-20,22-23H2,1-2H3,(H,41,47)(H,42,45)(H,43,46)/t24-,30+,31+/m1/s1. The van der Waals surface area contributed by atoms with Crippen molar-refractivity contribution < 1.29 is 37.8 Å². The van der Waals surface area contributed by atoms with E-state index in [1.165, 1.54) is 29.2 Å². The average Bonchev–Trinajstić information content (AvgIpc) is 3.10. The van der Waals surface area contributed by atoms with E-state index in [1.54, 1.807) is 56.4 Å². The van der Waals surface area contributed by atoms with Gasteiger partial charge in [0.1, 0.15) is 36.8 Å². The number of hydrogen-bond acceptors (Lipinski definition) is 7. The first-order valence-corrected chi connectivity index (χ1v) is 16.7. The number of amides is 4. The Hall–Kier alpha value is -5.62. The number of nitrogens with one attached hydrogen (secondary N) is 3. The van der Waals surface area contributed by atoms with Gasteiger partial charge in [-0.15, -0.1) is 0 Å². The SMILES string of the molecule is C[C@H](COc1c(F)cccc1Oc1cccc(Cl)c1)NC(=O)[C@@H]1CC(=O)N[C@@H](Cc2ccccc2)C(=O)N(C)CCOc2ccccc2C(=O)N1. The maximum absolute atomic E-state index is 14.9. The van der Waals surface area contributed by atoms with Gasteiger partial charge in [-0.25, -0.2) is 4.39 Å². The maximum atomic E-state index is 14.9. The summed E-state index contributed by atoms with van der Waals surface area (Å²) < 4.78 is 32.4. The second-order valence-electron chi connectivity index (χ2n) is 12.0. The molecule has 13 heteroatoms. The van der Waals surface area contributed by atoms with Gasteiger partial charge in [-0.1, -0.05) is 66.2 Å². The Labute approximate surface area is 300 Å². The first-order chi connectivity index (χ1) is 24.6. The number of hydrogen-bond donors (Lipinski definition) is 3. The van der Waals surface area contributed by atoms with Gasteiger partial charge in [0.2, 0.25) is 17.7 Å². The quantitative estimate of drug-likeness (QED) is 0.224. The fourth-order valence-corrected chi connectivity index (χ4v) is 5.52. The van der Waals surface area contributed by atoms with Crippen LogP contribution in [0, 0.1) is 5.82 Å². The van der Waals surface area contributed by atoms with Crippen LogP contribution in [-0.4, -0.2) is 73.5 Å². The zero-order chi connectivity index (χ0) is 36.3. The molecule has 4 amide bonds. The Morgan fingerprint density at radius 3 is 2.53 bits per heavy atom. The minimum absolute atomic E-state index is 0.0772. The van der Waals surface area contributed by atoms with Crippen LogP contribution >= 0.6 is 11.6 Å². The molecule has 0 unspecified atom stereocenters. The molecular weight excluding hydrogens is 679 g/mol. The van der Waals surface area contributed by atoms with Crippen LogP contribution in [0.15, 0.2) is 97.1 Å². The van der Waals surface area contributed by atoms with Crippen molar-refractivity contribution in [2.75, 3.05) is 26.8 Å². The number of ether oxygens (including phenoxy) is 3. The zero-order valence-electron chi connectivity index (χ0n) is 28.1. The van der Waals surface area contributed by atoms with Gasteiger partial charge in [0.25, 0.3) is 5.91 Å². The van der Waals surface area contributed by atoms with Crippen LogP contribution in [0.4, 0.5) is 4.39 Å². The average molecular weight is 717 g/mol. The second kappa shape index (κ2) is 17.3. The predicted octanol–water partition coefficient (Wildman–Crippen LogP) is 4.92. The van der Waals surface area contributed by atoms with E-state index in [-0.39, 0.29) is 54.9 Å². The van der Waals surface area contributed by atoms with Crippen molar-refractivity contribution in [2.24, 2.45) is 0 Å². The Balaban J connectivity index is 1.33. The maximum Gasteiger partial charge on any atom is 0.255 e. The fourth-order valence-electron chi connectivity index (χ4n) is 5.34. The van der Waals surface area contributed by atoms with Crippen LogP contribution in [-0.2, 0) is 20.8 Å². The molecular formula is C38H38ClFN4O7. The van der Waals surface area contributed by atoms with Crippen LogP contribution in [0.1, 0.15) is 29.3 Å². The lowest BCUT2D eigenvalue weighted by atomic mass is 10.0. The minimum Gasteiger partial charge on any atom is -0.491 e. The number of carbonyl (C=O) groups excluding carboxylic acids is 4. The van der Waals surface area contributed by atoms with Crippen LogP contribution in [0.5, 0.6) is 23.0 Å². The number of rotatable bonds is 9. The van der Waals surface area contributed by atoms with E-state index in [4.69, 9.17) is 25.8 Å². The van der Waals surface area contributed by atoms with Gasteiger partial charge >= 0.3 is 0 Å². The van der Waals surface area contributed by atoms with E-state index in [1.807, 2.05) is 30.3 Å². The van der Waals surface area contributed by atoms with E-state index in [2.05, 4.69) is 16.0 Å². The van der Waals surface area contributed by atoms with Gasteiger partial charge in [-0.2, -0.15) is 0 Å². The summed E-state index contributed by atoms with van der Waals surface area (Å²) >= 11 is 6.06. The molecule has 1 heterocycles. The molecule has 4 aromatic rings. The molecule has 51 heavy (non-hydrogen) atoms. The molecule has 5 rings (SSSR count). The van der Waals surface area contributed by atoms with Crippen molar-refractivity contribution in [1.29, 1.82) is 0 Å². The smallest absolute Gasteiger partial charge is 0.255 e. The van der Waals surface area contributed by atoms with Crippen molar-refractivity contribution in [1.82, 2.24) is 20.9 Å². The Kier molecular flexibility index (Phi) is 12.5. The van der Waals surface area contributed by atoms with Crippen LogP contribution in [0.2, 0.25) is 5.02 Å². The van der Waals surface area contributed by atoms with Gasteiger partial charge in [-0.3, -0.25) is 19.2 Å². The van der Waals surface area contributed by atoms with Crippen molar-refractivity contribution >= 4 is 35.2 Å². The van der Waals surface area contributed by atoms with E-state index in [0.717, 1.165) is 5.56 Å². The monoisotopic (exact) mass is 716 g/mol. The van der Waals surface area contributed by atoms with E-state index >= 15 is 0 Å². The molecule has 3 N–H and O–H groups in total. The van der Waals surface area contributed by atoms with Gasteiger partial charge in [0.05, 0.1) is 24.6 Å². The third-order valence-electron chi connectivity index (χ3n) is 7.94. The fraction of sp³-hybridized carbons (Fsp3) is 0.263. The van der Waals surface area contributed by atoms with Gasteiger partial charge in [0.15, 0.2) is 17.3 Å². The predicted molar refractivity (Wildman–Crippen MR) is 189 cm³/mol. The summed E-state index contributed by atoms with van der Waals surface area (Å²) in [6.07, 6.45) is -0.280. The third kappa shape index (κ3) is 10.2. The van der Waals surface area contributed by atoms with Crippen LogP contribution in [0.3, 0.4) is 0 Å². The van der Waals surface area contributed by atoms with Gasteiger partial charge in [0, 0.05) is 18.5 Å². The summed E-state index contributed by atoms with van der Waals surface area (Å²) in [4.78, 5) is 55.7. The van der Waals surface area contributed by atoms with Gasteiger partial charge < -0.3 is 35.1 Å². The van der Waals surface area contributed by atoms with Crippen molar-refractivity contribution in [3.8, 4) is 23.0 Å². The molecule has 0 bridgehead atoms. The van der Waals surface area contributed by atoms with E-state index < -0.39 is 48.1 Å². The summed E-state index contributed by atoms with van der Waals surface area (Å²) in [5.74, 6) is -2.47. The minimum atomic E-state index is -1.36. The number of likely N-dealkylation sites (N-methyl/N-ethyl adjacent to an activating group) is 1. The number of para-hydroxylation sites is 2. The lowest BCUT2D eigenvalue weighted by molar-refractivity contribution is -0.136. The first kappa shape index (κ1) is 36.7. The number of carbonyl (C=O) groups is 4. The molecule has 1 aliphatic rings. The largest absolute Gasteiger partial charge is 0.491 e. The molecule has 0 aromatic heterocycles. The summed E-state index contributed by atoms with van der Waals surface area (Å²) in [5, 5.41) is 8.59. The lowest BCUT2D eigenvalue weighted by Gasteiger charge is -2.27. The Morgan fingerprint density at radius 1 is 1.00 bits per heavy atom. The molecule has 0 saturated carbocycles. The van der Waals surface area contributed by atoms with E-state index in [9.17, 15) is 23.6 Å². The third-order valence-corrected chi connectivity index (χ3v) is 8.18. The topological polar surface area (TPSA) is 135 Å². The van der Waals surface area contributed by atoms with Crippen molar-refractivity contribution in [3.63, 3.8) is 0 Å². The molecule has 0 radical (unpaired) electrons. The molecule has 266 valence electrons. The zero-order valence-corrected chi connectivity index (χ0v) is 28.8. The molecule has 0 spiro atoms. The summed E-state index contributed by atoms with van der Waals surface area (Å²) in [7, 11) is 1.60. The molecule has 11 nitrogen and oxygen atoms in total. The molecule has 0 aliphatic carbocycles. The number of fused-ring (bicyclic) bond motifs is 1.